The molecule has 1 aromatic rings. The highest BCUT2D eigenvalue weighted by Gasteiger charge is 2.56. The predicted octanol–water partition coefficient (Wildman–Crippen LogP) is 3.94. The van der Waals surface area contributed by atoms with Crippen LogP contribution in [0.4, 0.5) is 20.5 Å². The van der Waals surface area contributed by atoms with Crippen molar-refractivity contribution in [1.29, 1.82) is 0 Å². The Morgan fingerprint density at radius 1 is 1.17 bits per heavy atom. The van der Waals surface area contributed by atoms with E-state index in [-0.39, 0.29) is 23.9 Å². The number of nitrogens with zero attached hydrogens (tertiary/aromatic N) is 4. The van der Waals surface area contributed by atoms with Crippen LogP contribution in [0.5, 0.6) is 0 Å². The van der Waals surface area contributed by atoms with Crippen molar-refractivity contribution < 1.29 is 13.6 Å². The lowest BCUT2D eigenvalue weighted by Gasteiger charge is -2.36. The van der Waals surface area contributed by atoms with Gasteiger partial charge in [0.1, 0.15) is 17.3 Å². The fraction of sp³-hybridized carbons (Fsp3) is 0.773. The molecule has 0 bridgehead atoms. The topological polar surface area (TPSA) is 49.3 Å². The first-order chi connectivity index (χ1) is 13.8. The third-order valence-electron chi connectivity index (χ3n) is 7.49. The average molecular weight is 405 g/mol. The zero-order valence-corrected chi connectivity index (χ0v) is 17.3. The second-order valence-corrected chi connectivity index (χ2v) is 9.57. The number of rotatable bonds is 4. The van der Waals surface area contributed by atoms with Gasteiger partial charge < -0.3 is 14.6 Å². The number of carbonyl (C=O) groups excluding carboxylic acids is 1. The summed E-state index contributed by atoms with van der Waals surface area (Å²) in [5.74, 6) is 0.0702. The summed E-state index contributed by atoms with van der Waals surface area (Å²) in [4.78, 5) is 25.1. The molecule has 3 fully saturated rings. The van der Waals surface area contributed by atoms with E-state index in [0.29, 0.717) is 48.5 Å². The summed E-state index contributed by atoms with van der Waals surface area (Å²) in [5.41, 5.74) is 0.612. The van der Waals surface area contributed by atoms with Crippen LogP contribution >= 0.6 is 0 Å². The summed E-state index contributed by atoms with van der Waals surface area (Å²) in [5, 5.41) is 0. The Morgan fingerprint density at radius 3 is 2.62 bits per heavy atom. The summed E-state index contributed by atoms with van der Waals surface area (Å²) < 4.78 is 29.7. The molecule has 0 N–H and O–H groups in total. The van der Waals surface area contributed by atoms with Gasteiger partial charge in [0.25, 0.3) is 5.92 Å². The number of aromatic nitrogens is 2. The van der Waals surface area contributed by atoms with Gasteiger partial charge in [0.05, 0.1) is 0 Å². The van der Waals surface area contributed by atoms with Crippen molar-refractivity contribution in [3.05, 3.63) is 11.3 Å². The van der Waals surface area contributed by atoms with Gasteiger partial charge in [0.2, 0.25) is 5.95 Å². The van der Waals surface area contributed by atoms with Crippen LogP contribution in [0.2, 0.25) is 0 Å². The maximum absolute atomic E-state index is 14.8. The molecular weight excluding hydrogens is 374 g/mol. The molecule has 2 aliphatic heterocycles. The first-order valence-electron chi connectivity index (χ1n) is 11.2. The van der Waals surface area contributed by atoms with E-state index in [9.17, 15) is 13.6 Å². The van der Waals surface area contributed by atoms with E-state index in [0.717, 1.165) is 38.3 Å². The molecule has 29 heavy (non-hydrogen) atoms. The molecule has 2 saturated heterocycles. The van der Waals surface area contributed by atoms with Crippen molar-refractivity contribution >= 4 is 17.5 Å². The maximum Gasteiger partial charge on any atom is 0.290 e. The highest BCUT2D eigenvalue weighted by atomic mass is 19.3. The Bertz CT molecular complexity index is 817. The second kappa shape index (κ2) is 6.88. The molecule has 3 heterocycles. The van der Waals surface area contributed by atoms with E-state index in [1.807, 2.05) is 0 Å². The number of carbonyl (C=O) groups is 1. The van der Waals surface area contributed by atoms with Gasteiger partial charge in [0, 0.05) is 44.1 Å². The van der Waals surface area contributed by atoms with Crippen molar-refractivity contribution in [3.63, 3.8) is 0 Å². The van der Waals surface area contributed by atoms with Crippen LogP contribution in [0, 0.1) is 17.8 Å². The van der Waals surface area contributed by atoms with Crippen LogP contribution in [-0.4, -0.2) is 41.4 Å². The number of halogens is 2. The van der Waals surface area contributed by atoms with E-state index in [4.69, 9.17) is 4.98 Å². The lowest BCUT2D eigenvalue weighted by molar-refractivity contribution is -0.117. The van der Waals surface area contributed by atoms with Gasteiger partial charge in [-0.3, -0.25) is 0 Å². The average Bonchev–Trinajstić information content (AvgIpc) is 3.10. The normalized spacial score (nSPS) is 32.7. The van der Waals surface area contributed by atoms with Gasteiger partial charge in [0.15, 0.2) is 0 Å². The van der Waals surface area contributed by atoms with Crippen molar-refractivity contribution in [3.8, 4) is 0 Å². The van der Waals surface area contributed by atoms with Crippen LogP contribution in [0.15, 0.2) is 0 Å². The van der Waals surface area contributed by atoms with Crippen molar-refractivity contribution in [2.75, 3.05) is 29.4 Å². The molecule has 4 aliphatic rings. The summed E-state index contributed by atoms with van der Waals surface area (Å²) >= 11 is 0. The zero-order chi connectivity index (χ0) is 20.3. The second-order valence-electron chi connectivity index (χ2n) is 9.57. The van der Waals surface area contributed by atoms with E-state index in [1.54, 1.807) is 6.92 Å². The van der Waals surface area contributed by atoms with Crippen LogP contribution < -0.4 is 9.80 Å². The predicted molar refractivity (Wildman–Crippen MR) is 108 cm³/mol. The molecule has 158 valence electrons. The van der Waals surface area contributed by atoms with Gasteiger partial charge >= 0.3 is 0 Å². The first kappa shape index (κ1) is 19.2. The maximum atomic E-state index is 14.8. The van der Waals surface area contributed by atoms with Gasteiger partial charge in [-0.15, -0.1) is 0 Å². The van der Waals surface area contributed by atoms with Crippen molar-refractivity contribution in [1.82, 2.24) is 9.97 Å². The molecule has 5 rings (SSSR count). The molecule has 0 aromatic carbocycles. The standard InChI is InChI=1S/C22H30F2N4O/c1-13-6-3-4-9-28(13)21-25-19-15(7-5-8-22(19,23)24)20(26-21)27-11-17-16(10-14(2)29)18(17)12-27/h13,16-18H,3-12H2,1-2H3/t13?,16?,17-,18+. The van der Waals surface area contributed by atoms with Gasteiger partial charge in [-0.25, -0.2) is 4.98 Å². The third-order valence-corrected chi connectivity index (χ3v) is 7.49. The molecule has 0 amide bonds. The highest BCUT2D eigenvalue weighted by Crippen LogP contribution is 2.55. The largest absolute Gasteiger partial charge is 0.356 e. The third kappa shape index (κ3) is 3.30. The molecular formula is C22H30F2N4O. The molecule has 1 saturated carbocycles. The fourth-order valence-corrected chi connectivity index (χ4v) is 5.84. The summed E-state index contributed by atoms with van der Waals surface area (Å²) in [6, 6.07) is 0.277. The number of hydrogen-bond donors (Lipinski definition) is 0. The van der Waals surface area contributed by atoms with Crippen LogP contribution in [0.1, 0.15) is 63.6 Å². The van der Waals surface area contributed by atoms with E-state index < -0.39 is 5.92 Å². The summed E-state index contributed by atoms with van der Waals surface area (Å²) in [6.07, 6.45) is 4.89. The van der Waals surface area contributed by atoms with E-state index in [1.165, 1.54) is 6.42 Å². The summed E-state index contributed by atoms with van der Waals surface area (Å²) in [6.45, 7) is 6.27. The lowest BCUT2D eigenvalue weighted by atomic mass is 9.92. The molecule has 4 atom stereocenters. The SMILES string of the molecule is CC(=O)CC1[C@H]2CN(c3nc(N4CCCCC4C)nc4c3CCCC4(F)F)C[C@@H]12. The van der Waals surface area contributed by atoms with Crippen LogP contribution in [0.3, 0.4) is 0 Å². The molecule has 1 aromatic heterocycles. The monoisotopic (exact) mass is 404 g/mol. The van der Waals surface area contributed by atoms with Crippen LogP contribution in [-0.2, 0) is 17.1 Å². The molecule has 0 radical (unpaired) electrons. The number of hydrogen-bond acceptors (Lipinski definition) is 5. The van der Waals surface area contributed by atoms with Gasteiger partial charge in [-0.1, -0.05) is 0 Å². The molecule has 0 spiro atoms. The number of ketones is 1. The van der Waals surface area contributed by atoms with Crippen molar-refractivity contribution in [2.24, 2.45) is 17.8 Å². The first-order valence-corrected chi connectivity index (χ1v) is 11.2. The molecule has 2 aliphatic carbocycles. The van der Waals surface area contributed by atoms with Gasteiger partial charge in [-0.2, -0.15) is 13.8 Å². The van der Waals surface area contributed by atoms with E-state index >= 15 is 0 Å². The Kier molecular flexibility index (Phi) is 4.55. The molecule has 2 unspecified atom stereocenters. The number of alkyl halides is 2. The Hall–Kier alpha value is -1.79. The summed E-state index contributed by atoms with van der Waals surface area (Å²) in [7, 11) is 0. The smallest absolute Gasteiger partial charge is 0.290 e. The van der Waals surface area contributed by atoms with Gasteiger partial charge in [-0.05, 0) is 63.7 Å². The minimum atomic E-state index is -2.88. The molecule has 5 nitrogen and oxygen atoms in total. The minimum Gasteiger partial charge on any atom is -0.356 e. The lowest BCUT2D eigenvalue weighted by Crippen LogP contribution is -2.40. The fourth-order valence-electron chi connectivity index (χ4n) is 5.84. The quantitative estimate of drug-likeness (QED) is 0.761. The number of piperidine rings is 2. The number of anilines is 2. The highest BCUT2D eigenvalue weighted by molar-refractivity contribution is 5.76. The zero-order valence-electron chi connectivity index (χ0n) is 17.3. The Labute approximate surface area is 170 Å². The number of Topliss-reactive ketones (excluding diaryl/α,β-unsaturated/α-hetero) is 1. The Balaban J connectivity index is 1.48. The molecule has 7 heteroatoms. The number of fused-ring (bicyclic) bond motifs is 2. The Morgan fingerprint density at radius 2 is 1.93 bits per heavy atom. The van der Waals surface area contributed by atoms with Crippen LogP contribution in [0.25, 0.3) is 0 Å². The minimum absolute atomic E-state index is 0.0395. The van der Waals surface area contributed by atoms with Crippen molar-refractivity contribution in [2.45, 2.75) is 70.8 Å². The van der Waals surface area contributed by atoms with E-state index in [2.05, 4.69) is 21.7 Å².